The van der Waals surface area contributed by atoms with Crippen LogP contribution in [-0.4, -0.2) is 20.6 Å². The zero-order chi connectivity index (χ0) is 11.7. The number of carbonyl (C=O) groups is 1. The van der Waals surface area contributed by atoms with Gasteiger partial charge in [0.1, 0.15) is 5.69 Å². The van der Waals surface area contributed by atoms with Gasteiger partial charge in [0, 0.05) is 6.04 Å². The van der Waals surface area contributed by atoms with E-state index in [9.17, 15) is 14.9 Å². The van der Waals surface area contributed by atoms with Crippen LogP contribution in [0.4, 0.5) is 5.69 Å². The van der Waals surface area contributed by atoms with Gasteiger partial charge in [-0.25, -0.2) is 0 Å². The Labute approximate surface area is 86.0 Å². The van der Waals surface area contributed by atoms with Crippen LogP contribution in [-0.2, 0) is 0 Å². The number of rotatable bonds is 3. The van der Waals surface area contributed by atoms with Gasteiger partial charge in [0.25, 0.3) is 5.91 Å². The van der Waals surface area contributed by atoms with Gasteiger partial charge in [-0.15, -0.1) is 0 Å². The topological polar surface area (TPSA) is 104 Å². The Morgan fingerprint density at radius 1 is 1.60 bits per heavy atom. The van der Waals surface area contributed by atoms with Crippen molar-refractivity contribution in [2.45, 2.75) is 26.8 Å². The Morgan fingerprint density at radius 2 is 2.13 bits per heavy atom. The Morgan fingerprint density at radius 3 is 2.47 bits per heavy atom. The molecule has 0 aromatic carbocycles. The first kappa shape index (κ1) is 11.2. The lowest BCUT2D eigenvalue weighted by molar-refractivity contribution is -0.385. The van der Waals surface area contributed by atoms with E-state index in [2.05, 4.69) is 5.10 Å². The summed E-state index contributed by atoms with van der Waals surface area (Å²) in [5, 5.41) is 14.7. The van der Waals surface area contributed by atoms with E-state index >= 15 is 0 Å². The SMILES string of the molecule is Cc1nn(C(C)C)c(C(N)=O)c1[N+](=O)[O-]. The molecule has 1 amide bonds. The number of primary amides is 1. The molecule has 0 bridgehead atoms. The van der Waals surface area contributed by atoms with Gasteiger partial charge < -0.3 is 5.73 Å². The standard InChI is InChI=1S/C8H12N4O3/c1-4(2)11-7(8(9)13)6(12(14)15)5(3)10-11/h4H,1-3H3,(H2,9,13). The summed E-state index contributed by atoms with van der Waals surface area (Å²) in [6.45, 7) is 5.01. The molecule has 1 aromatic rings. The number of hydrogen-bond donors (Lipinski definition) is 1. The highest BCUT2D eigenvalue weighted by Crippen LogP contribution is 2.24. The summed E-state index contributed by atoms with van der Waals surface area (Å²) >= 11 is 0. The van der Waals surface area contributed by atoms with E-state index in [1.165, 1.54) is 11.6 Å². The van der Waals surface area contributed by atoms with Crippen LogP contribution in [0.3, 0.4) is 0 Å². The molecule has 15 heavy (non-hydrogen) atoms. The van der Waals surface area contributed by atoms with Crippen molar-refractivity contribution in [2.24, 2.45) is 5.73 Å². The molecule has 1 aromatic heterocycles. The molecule has 0 spiro atoms. The zero-order valence-electron chi connectivity index (χ0n) is 8.72. The van der Waals surface area contributed by atoms with Gasteiger partial charge in [-0.05, 0) is 20.8 Å². The van der Waals surface area contributed by atoms with E-state index in [0.29, 0.717) is 0 Å². The predicted molar refractivity (Wildman–Crippen MR) is 52.5 cm³/mol. The lowest BCUT2D eigenvalue weighted by Crippen LogP contribution is -2.20. The fraction of sp³-hybridized carbons (Fsp3) is 0.500. The van der Waals surface area contributed by atoms with E-state index in [0.717, 1.165) is 0 Å². The van der Waals surface area contributed by atoms with E-state index in [4.69, 9.17) is 5.73 Å². The first-order valence-corrected chi connectivity index (χ1v) is 4.39. The number of hydrogen-bond acceptors (Lipinski definition) is 4. The molecule has 1 rings (SSSR count). The number of nitrogens with zero attached hydrogens (tertiary/aromatic N) is 3. The van der Waals surface area contributed by atoms with Crippen LogP contribution in [0.1, 0.15) is 36.1 Å². The molecule has 0 atom stereocenters. The Kier molecular flexibility index (Phi) is 2.74. The van der Waals surface area contributed by atoms with Crippen molar-refractivity contribution in [2.75, 3.05) is 0 Å². The Hall–Kier alpha value is -1.92. The van der Waals surface area contributed by atoms with Crippen LogP contribution in [0.2, 0.25) is 0 Å². The monoisotopic (exact) mass is 212 g/mol. The fourth-order valence-corrected chi connectivity index (χ4v) is 1.36. The summed E-state index contributed by atoms with van der Waals surface area (Å²) < 4.78 is 1.27. The minimum atomic E-state index is -0.837. The summed E-state index contributed by atoms with van der Waals surface area (Å²) in [5.74, 6) is -0.837. The maximum absolute atomic E-state index is 11.1. The van der Waals surface area contributed by atoms with Crippen molar-refractivity contribution in [1.29, 1.82) is 0 Å². The minimum absolute atomic E-state index is 0.146. The molecule has 1 heterocycles. The number of nitro groups is 1. The zero-order valence-corrected chi connectivity index (χ0v) is 8.72. The highest BCUT2D eigenvalue weighted by molar-refractivity contribution is 5.95. The fourth-order valence-electron chi connectivity index (χ4n) is 1.36. The van der Waals surface area contributed by atoms with Crippen molar-refractivity contribution < 1.29 is 9.72 Å². The number of nitrogens with two attached hydrogens (primary N) is 1. The van der Waals surface area contributed by atoms with Crippen molar-refractivity contribution in [3.05, 3.63) is 21.5 Å². The number of aromatic nitrogens is 2. The van der Waals surface area contributed by atoms with E-state index < -0.39 is 10.8 Å². The van der Waals surface area contributed by atoms with Gasteiger partial charge >= 0.3 is 5.69 Å². The van der Waals surface area contributed by atoms with Gasteiger partial charge in [0.2, 0.25) is 5.69 Å². The quantitative estimate of drug-likeness (QED) is 0.590. The normalized spacial score (nSPS) is 10.7. The highest BCUT2D eigenvalue weighted by atomic mass is 16.6. The smallest absolute Gasteiger partial charge is 0.322 e. The minimum Gasteiger partial charge on any atom is -0.364 e. The Balaban J connectivity index is 3.51. The third-order valence-electron chi connectivity index (χ3n) is 1.96. The summed E-state index contributed by atoms with van der Waals surface area (Å²) in [6.07, 6.45) is 0. The molecule has 82 valence electrons. The highest BCUT2D eigenvalue weighted by Gasteiger charge is 2.29. The lowest BCUT2D eigenvalue weighted by atomic mass is 10.3. The first-order valence-electron chi connectivity index (χ1n) is 4.39. The maximum atomic E-state index is 11.1. The average Bonchev–Trinajstić information content (AvgIpc) is 2.42. The van der Waals surface area contributed by atoms with Crippen LogP contribution < -0.4 is 5.73 Å². The molecule has 0 unspecified atom stereocenters. The molecular formula is C8H12N4O3. The van der Waals surface area contributed by atoms with Gasteiger partial charge in [-0.2, -0.15) is 5.10 Å². The van der Waals surface area contributed by atoms with Crippen LogP contribution in [0.15, 0.2) is 0 Å². The van der Waals surface area contributed by atoms with Gasteiger partial charge in [-0.3, -0.25) is 19.6 Å². The average molecular weight is 212 g/mol. The number of carbonyl (C=O) groups excluding carboxylic acids is 1. The van der Waals surface area contributed by atoms with Crippen LogP contribution >= 0.6 is 0 Å². The second-order valence-corrected chi connectivity index (χ2v) is 3.44. The van der Waals surface area contributed by atoms with Gasteiger partial charge in [0.05, 0.1) is 4.92 Å². The van der Waals surface area contributed by atoms with Crippen molar-refractivity contribution in [1.82, 2.24) is 9.78 Å². The molecule has 0 aliphatic carbocycles. The summed E-state index contributed by atoms with van der Waals surface area (Å²) in [5.41, 5.74) is 4.84. The third kappa shape index (κ3) is 1.80. The molecule has 0 fully saturated rings. The summed E-state index contributed by atoms with van der Waals surface area (Å²) in [4.78, 5) is 21.2. The molecule has 0 aliphatic heterocycles. The summed E-state index contributed by atoms with van der Waals surface area (Å²) in [7, 11) is 0. The largest absolute Gasteiger partial charge is 0.364 e. The van der Waals surface area contributed by atoms with Crippen LogP contribution in [0.5, 0.6) is 0 Å². The molecule has 2 N–H and O–H groups in total. The second-order valence-electron chi connectivity index (χ2n) is 3.44. The van der Waals surface area contributed by atoms with Crippen molar-refractivity contribution in [3.8, 4) is 0 Å². The Bertz CT molecular complexity index is 422. The maximum Gasteiger partial charge on any atom is 0.322 e. The summed E-state index contributed by atoms with van der Waals surface area (Å²) in [6, 6.07) is -0.153. The van der Waals surface area contributed by atoms with E-state index in [1.807, 2.05) is 0 Å². The van der Waals surface area contributed by atoms with Crippen LogP contribution in [0, 0.1) is 17.0 Å². The molecule has 0 aliphatic rings. The lowest BCUT2D eigenvalue weighted by Gasteiger charge is -2.06. The molecule has 0 radical (unpaired) electrons. The number of aryl methyl sites for hydroxylation is 1. The predicted octanol–water partition coefficient (Wildman–Crippen LogP) is 0.780. The first-order chi connectivity index (χ1) is 6.86. The molecular weight excluding hydrogens is 200 g/mol. The van der Waals surface area contributed by atoms with E-state index in [-0.39, 0.29) is 23.1 Å². The van der Waals surface area contributed by atoms with Crippen LogP contribution in [0.25, 0.3) is 0 Å². The molecule has 7 nitrogen and oxygen atoms in total. The second kappa shape index (κ2) is 3.68. The van der Waals surface area contributed by atoms with Gasteiger partial charge in [0.15, 0.2) is 0 Å². The third-order valence-corrected chi connectivity index (χ3v) is 1.96. The van der Waals surface area contributed by atoms with Crippen molar-refractivity contribution >= 4 is 11.6 Å². The van der Waals surface area contributed by atoms with E-state index in [1.54, 1.807) is 13.8 Å². The molecule has 7 heteroatoms. The molecule has 0 saturated heterocycles. The van der Waals surface area contributed by atoms with Crippen molar-refractivity contribution in [3.63, 3.8) is 0 Å². The molecule has 0 saturated carbocycles. The van der Waals surface area contributed by atoms with Gasteiger partial charge in [-0.1, -0.05) is 0 Å². The number of amides is 1.